The van der Waals surface area contributed by atoms with Crippen LogP contribution in [-0.2, 0) is 11.3 Å². The Kier molecular flexibility index (Phi) is 5.63. The number of Topliss-reactive ketones (excluding diaryl/α,β-unsaturated/α-hetero) is 1. The highest BCUT2D eigenvalue weighted by Crippen LogP contribution is 2.34. The minimum atomic E-state index is -0.0127. The summed E-state index contributed by atoms with van der Waals surface area (Å²) in [6.07, 6.45) is 1.84. The van der Waals surface area contributed by atoms with Gasteiger partial charge < -0.3 is 9.64 Å². The van der Waals surface area contributed by atoms with Gasteiger partial charge in [0.1, 0.15) is 12.3 Å². The van der Waals surface area contributed by atoms with Gasteiger partial charge in [-0.1, -0.05) is 18.2 Å². The number of para-hydroxylation sites is 1. The predicted molar refractivity (Wildman–Crippen MR) is 103 cm³/mol. The van der Waals surface area contributed by atoms with Crippen molar-refractivity contribution < 1.29 is 14.3 Å². The molecule has 0 atom stereocenters. The molecule has 0 N–H and O–H groups in total. The van der Waals surface area contributed by atoms with Crippen molar-refractivity contribution in [3.8, 4) is 5.75 Å². The molecule has 0 spiro atoms. The summed E-state index contributed by atoms with van der Waals surface area (Å²) in [6.45, 7) is 6.81. The Morgan fingerprint density at radius 2 is 1.85 bits per heavy atom. The van der Waals surface area contributed by atoms with E-state index in [1.165, 1.54) is 12.5 Å². The molecule has 27 heavy (non-hydrogen) atoms. The van der Waals surface area contributed by atoms with Gasteiger partial charge in [0.05, 0.1) is 18.4 Å². The lowest BCUT2D eigenvalue weighted by molar-refractivity contribution is -0.133. The molecule has 6 heteroatoms. The van der Waals surface area contributed by atoms with Crippen LogP contribution < -0.4 is 4.74 Å². The average molecular weight is 369 g/mol. The van der Waals surface area contributed by atoms with Gasteiger partial charge in [0.2, 0.25) is 5.91 Å². The minimum Gasteiger partial charge on any atom is -0.496 e. The van der Waals surface area contributed by atoms with Gasteiger partial charge in [0.25, 0.3) is 0 Å². The summed E-state index contributed by atoms with van der Waals surface area (Å²) in [7, 11) is 1.70. The second kappa shape index (κ2) is 7.94. The molecular formula is C21H27N3O3. The molecule has 1 aliphatic heterocycles. The molecule has 0 aliphatic carbocycles. The van der Waals surface area contributed by atoms with E-state index < -0.39 is 0 Å². The van der Waals surface area contributed by atoms with E-state index in [2.05, 4.69) is 11.2 Å². The highest BCUT2D eigenvalue weighted by molar-refractivity contribution is 5.96. The first-order valence-electron chi connectivity index (χ1n) is 9.38. The summed E-state index contributed by atoms with van der Waals surface area (Å²) in [4.78, 5) is 26.4. The molecule has 0 saturated carbocycles. The zero-order chi connectivity index (χ0) is 19.6. The highest BCUT2D eigenvalue weighted by atomic mass is 16.5. The van der Waals surface area contributed by atoms with Crippen LogP contribution in [0.1, 0.15) is 53.0 Å². The lowest BCUT2D eigenvalue weighted by Gasteiger charge is -2.32. The fourth-order valence-corrected chi connectivity index (χ4v) is 4.03. The van der Waals surface area contributed by atoms with E-state index in [0.717, 1.165) is 37.4 Å². The van der Waals surface area contributed by atoms with Crippen molar-refractivity contribution in [2.45, 2.75) is 46.1 Å². The number of ether oxygens (including phenoxy) is 1. The Balaban J connectivity index is 1.64. The van der Waals surface area contributed by atoms with Crippen LogP contribution >= 0.6 is 0 Å². The zero-order valence-electron chi connectivity index (χ0n) is 16.5. The topological polar surface area (TPSA) is 64.4 Å². The smallest absolute Gasteiger partial charge is 0.244 e. The monoisotopic (exact) mass is 369 g/mol. The van der Waals surface area contributed by atoms with Crippen LogP contribution in [0.15, 0.2) is 24.3 Å². The van der Waals surface area contributed by atoms with Gasteiger partial charge in [-0.3, -0.25) is 14.3 Å². The first-order chi connectivity index (χ1) is 12.9. The molecule has 1 aliphatic rings. The summed E-state index contributed by atoms with van der Waals surface area (Å²) < 4.78 is 7.13. The molecule has 1 fully saturated rings. The summed E-state index contributed by atoms with van der Waals surface area (Å²) in [5.41, 5.74) is 3.29. The van der Waals surface area contributed by atoms with Gasteiger partial charge in [-0.05, 0) is 51.2 Å². The maximum Gasteiger partial charge on any atom is 0.244 e. The predicted octanol–water partition coefficient (Wildman–Crippen LogP) is 3.12. The molecular weight excluding hydrogens is 342 g/mol. The molecule has 3 rings (SSSR count). The molecule has 1 aromatic carbocycles. The molecule has 0 radical (unpaired) electrons. The summed E-state index contributed by atoms with van der Waals surface area (Å²) in [5, 5.41) is 4.38. The fraction of sp³-hybridized carbons (Fsp3) is 0.476. The fourth-order valence-electron chi connectivity index (χ4n) is 4.03. The van der Waals surface area contributed by atoms with Crippen LogP contribution in [0.25, 0.3) is 0 Å². The first-order valence-corrected chi connectivity index (χ1v) is 9.38. The number of rotatable bonds is 5. The van der Waals surface area contributed by atoms with E-state index >= 15 is 0 Å². The largest absolute Gasteiger partial charge is 0.496 e. The number of ketones is 1. The van der Waals surface area contributed by atoms with Crippen molar-refractivity contribution in [3.05, 3.63) is 46.8 Å². The summed E-state index contributed by atoms with van der Waals surface area (Å²) >= 11 is 0. The normalized spacial score (nSPS) is 15.0. The number of benzene rings is 1. The van der Waals surface area contributed by atoms with Crippen LogP contribution in [0.2, 0.25) is 0 Å². The Morgan fingerprint density at radius 1 is 1.19 bits per heavy atom. The van der Waals surface area contributed by atoms with Crippen molar-refractivity contribution in [3.63, 3.8) is 0 Å². The highest BCUT2D eigenvalue weighted by Gasteiger charge is 2.26. The average Bonchev–Trinajstić information content (AvgIpc) is 2.95. The van der Waals surface area contributed by atoms with Crippen molar-refractivity contribution in [2.24, 2.45) is 0 Å². The molecule has 1 aromatic heterocycles. The van der Waals surface area contributed by atoms with Crippen LogP contribution in [0.3, 0.4) is 0 Å². The van der Waals surface area contributed by atoms with Gasteiger partial charge in [0.15, 0.2) is 5.78 Å². The molecule has 6 nitrogen and oxygen atoms in total. The number of nitrogens with zero attached hydrogens (tertiary/aromatic N) is 3. The number of piperidine rings is 1. The van der Waals surface area contributed by atoms with Gasteiger partial charge in [-0.15, -0.1) is 0 Å². The number of aryl methyl sites for hydroxylation is 1. The number of carbonyl (C=O) groups excluding carboxylic acids is 2. The molecule has 1 amide bonds. The molecule has 2 aromatic rings. The van der Waals surface area contributed by atoms with Gasteiger partial charge in [-0.25, -0.2) is 0 Å². The zero-order valence-corrected chi connectivity index (χ0v) is 16.5. The third kappa shape index (κ3) is 3.89. The number of carbonyl (C=O) groups is 2. The second-order valence-corrected chi connectivity index (χ2v) is 7.16. The first kappa shape index (κ1) is 19.1. The Morgan fingerprint density at radius 3 is 2.44 bits per heavy atom. The van der Waals surface area contributed by atoms with E-state index in [1.807, 2.05) is 36.9 Å². The van der Waals surface area contributed by atoms with Crippen molar-refractivity contribution in [1.82, 2.24) is 14.7 Å². The molecule has 2 heterocycles. The van der Waals surface area contributed by atoms with E-state index in [4.69, 9.17) is 4.74 Å². The van der Waals surface area contributed by atoms with Crippen LogP contribution in [0, 0.1) is 13.8 Å². The van der Waals surface area contributed by atoms with E-state index in [9.17, 15) is 9.59 Å². The SMILES string of the molecule is COc1ccccc1C1CCN(C(=O)Cn2nc(C)c(C(C)=O)c2C)CC1. The number of aromatic nitrogens is 2. The number of hydrogen-bond donors (Lipinski definition) is 0. The lowest BCUT2D eigenvalue weighted by atomic mass is 9.89. The van der Waals surface area contributed by atoms with E-state index in [-0.39, 0.29) is 18.2 Å². The van der Waals surface area contributed by atoms with Gasteiger partial charge in [-0.2, -0.15) is 5.10 Å². The second-order valence-electron chi connectivity index (χ2n) is 7.16. The Labute approximate surface area is 160 Å². The summed E-state index contributed by atoms with van der Waals surface area (Å²) in [6, 6.07) is 8.11. The summed E-state index contributed by atoms with van der Waals surface area (Å²) in [5.74, 6) is 1.36. The third-order valence-electron chi connectivity index (χ3n) is 5.44. The van der Waals surface area contributed by atoms with Crippen molar-refractivity contribution in [1.29, 1.82) is 0 Å². The van der Waals surface area contributed by atoms with Crippen molar-refractivity contribution >= 4 is 11.7 Å². The maximum absolute atomic E-state index is 12.7. The lowest BCUT2D eigenvalue weighted by Crippen LogP contribution is -2.40. The number of hydrogen-bond acceptors (Lipinski definition) is 4. The third-order valence-corrected chi connectivity index (χ3v) is 5.44. The molecule has 0 bridgehead atoms. The van der Waals surface area contributed by atoms with E-state index in [0.29, 0.717) is 17.2 Å². The van der Waals surface area contributed by atoms with Crippen LogP contribution in [0.4, 0.5) is 0 Å². The number of amides is 1. The minimum absolute atomic E-state index is 0.0127. The van der Waals surface area contributed by atoms with Crippen molar-refractivity contribution in [2.75, 3.05) is 20.2 Å². The van der Waals surface area contributed by atoms with Gasteiger partial charge >= 0.3 is 0 Å². The number of likely N-dealkylation sites (tertiary alicyclic amines) is 1. The Hall–Kier alpha value is -2.63. The van der Waals surface area contributed by atoms with Crippen LogP contribution in [-0.4, -0.2) is 46.6 Å². The van der Waals surface area contributed by atoms with Crippen LogP contribution in [0.5, 0.6) is 5.75 Å². The quantitative estimate of drug-likeness (QED) is 0.760. The molecule has 1 saturated heterocycles. The standard InChI is InChI=1S/C21H27N3O3/c1-14-21(16(3)25)15(2)24(22-14)13-20(26)23-11-9-17(10-12-23)18-7-5-6-8-19(18)27-4/h5-8,17H,9-13H2,1-4H3. The van der Waals surface area contributed by atoms with Gasteiger partial charge in [0, 0.05) is 18.8 Å². The Bertz CT molecular complexity index is 848. The molecule has 0 unspecified atom stereocenters. The maximum atomic E-state index is 12.7. The molecule has 144 valence electrons. The number of methoxy groups -OCH3 is 1. The van der Waals surface area contributed by atoms with E-state index in [1.54, 1.807) is 11.8 Å².